The third-order valence-corrected chi connectivity index (χ3v) is 3.61. The van der Waals surface area contributed by atoms with Crippen LogP contribution >= 0.6 is 11.6 Å². The fourth-order valence-electron chi connectivity index (χ4n) is 2.01. The van der Waals surface area contributed by atoms with Crippen LogP contribution in [0.2, 0.25) is 5.02 Å². The molecule has 0 aliphatic heterocycles. The largest absolute Gasteiger partial charge is 0.452 e. The van der Waals surface area contributed by atoms with E-state index in [9.17, 15) is 8.78 Å². The highest BCUT2D eigenvalue weighted by atomic mass is 35.5. The SMILES string of the molecule is Fc1ccc(F)c(Oc2c(Cl)cccc2CNC2CC2)c1. The first-order valence-corrected chi connectivity index (χ1v) is 7.15. The summed E-state index contributed by atoms with van der Waals surface area (Å²) in [6.07, 6.45) is 2.32. The lowest BCUT2D eigenvalue weighted by atomic mass is 10.2. The molecule has 0 radical (unpaired) electrons. The van der Waals surface area contributed by atoms with Crippen LogP contribution in [0.25, 0.3) is 0 Å². The van der Waals surface area contributed by atoms with Crippen LogP contribution in [0.5, 0.6) is 11.5 Å². The number of hydrogen-bond acceptors (Lipinski definition) is 2. The second kappa shape index (κ2) is 6.00. The van der Waals surface area contributed by atoms with E-state index in [-0.39, 0.29) is 5.75 Å². The van der Waals surface area contributed by atoms with E-state index >= 15 is 0 Å². The molecule has 0 amide bonds. The third-order valence-electron chi connectivity index (χ3n) is 3.31. The van der Waals surface area contributed by atoms with E-state index in [0.717, 1.165) is 36.6 Å². The molecule has 2 aromatic carbocycles. The Morgan fingerprint density at radius 2 is 2.00 bits per heavy atom. The molecule has 1 aliphatic rings. The Bertz CT molecular complexity index is 659. The first kappa shape index (κ1) is 14.3. The van der Waals surface area contributed by atoms with E-state index in [0.29, 0.717) is 23.4 Å². The second-order valence-electron chi connectivity index (χ2n) is 5.06. The predicted octanol–water partition coefficient (Wildman–Crippen LogP) is 4.66. The molecular formula is C16H14ClF2NO. The van der Waals surface area contributed by atoms with Crippen molar-refractivity contribution in [2.45, 2.75) is 25.4 Å². The molecule has 5 heteroatoms. The number of nitrogens with one attached hydrogen (secondary N) is 1. The van der Waals surface area contributed by atoms with Crippen molar-refractivity contribution in [2.75, 3.05) is 0 Å². The van der Waals surface area contributed by atoms with E-state index in [4.69, 9.17) is 16.3 Å². The van der Waals surface area contributed by atoms with Gasteiger partial charge in [0.15, 0.2) is 17.3 Å². The minimum absolute atomic E-state index is 0.171. The van der Waals surface area contributed by atoms with Gasteiger partial charge in [-0.1, -0.05) is 23.7 Å². The van der Waals surface area contributed by atoms with Crippen molar-refractivity contribution < 1.29 is 13.5 Å². The van der Waals surface area contributed by atoms with Crippen molar-refractivity contribution in [1.29, 1.82) is 0 Å². The van der Waals surface area contributed by atoms with Gasteiger partial charge in [-0.3, -0.25) is 0 Å². The molecule has 2 nitrogen and oxygen atoms in total. The summed E-state index contributed by atoms with van der Waals surface area (Å²) >= 11 is 6.13. The number of hydrogen-bond donors (Lipinski definition) is 1. The molecule has 110 valence electrons. The van der Waals surface area contributed by atoms with Gasteiger partial charge in [-0.05, 0) is 31.0 Å². The molecular weight excluding hydrogens is 296 g/mol. The third kappa shape index (κ3) is 3.52. The van der Waals surface area contributed by atoms with Crippen LogP contribution < -0.4 is 10.1 Å². The highest BCUT2D eigenvalue weighted by Crippen LogP contribution is 2.34. The zero-order valence-electron chi connectivity index (χ0n) is 11.2. The fourth-order valence-corrected chi connectivity index (χ4v) is 2.25. The summed E-state index contributed by atoms with van der Waals surface area (Å²) in [4.78, 5) is 0. The Balaban J connectivity index is 1.87. The molecule has 1 aliphatic carbocycles. The van der Waals surface area contributed by atoms with Crippen LogP contribution in [0.3, 0.4) is 0 Å². The predicted molar refractivity (Wildman–Crippen MR) is 77.7 cm³/mol. The van der Waals surface area contributed by atoms with Crippen molar-refractivity contribution in [3.8, 4) is 11.5 Å². The number of ether oxygens (including phenoxy) is 1. The lowest BCUT2D eigenvalue weighted by molar-refractivity contribution is 0.430. The maximum atomic E-state index is 13.7. The molecule has 3 rings (SSSR count). The van der Waals surface area contributed by atoms with Gasteiger partial charge in [0.25, 0.3) is 0 Å². The van der Waals surface area contributed by atoms with Crippen molar-refractivity contribution in [3.63, 3.8) is 0 Å². The summed E-state index contributed by atoms with van der Waals surface area (Å²) in [5.41, 5.74) is 0.818. The van der Waals surface area contributed by atoms with Gasteiger partial charge in [-0.25, -0.2) is 8.78 Å². The van der Waals surface area contributed by atoms with Crippen molar-refractivity contribution in [1.82, 2.24) is 5.32 Å². The molecule has 0 atom stereocenters. The molecule has 2 aromatic rings. The van der Waals surface area contributed by atoms with Crippen LogP contribution in [0.15, 0.2) is 36.4 Å². The number of benzene rings is 2. The maximum absolute atomic E-state index is 13.7. The van der Waals surface area contributed by atoms with Gasteiger partial charge in [0.1, 0.15) is 5.82 Å². The molecule has 0 saturated heterocycles. The molecule has 1 saturated carbocycles. The monoisotopic (exact) mass is 309 g/mol. The minimum Gasteiger partial charge on any atom is -0.452 e. The standard InChI is InChI=1S/C16H14ClF2NO/c17-13-3-1-2-10(9-20-12-5-6-12)16(13)21-15-8-11(18)4-7-14(15)19/h1-4,7-8,12,20H,5-6,9H2. The number of rotatable bonds is 5. The molecule has 0 aromatic heterocycles. The fraction of sp³-hybridized carbons (Fsp3) is 0.250. The Morgan fingerprint density at radius 1 is 1.19 bits per heavy atom. The van der Waals surface area contributed by atoms with Crippen LogP contribution in [0.4, 0.5) is 8.78 Å². The van der Waals surface area contributed by atoms with Gasteiger partial charge in [0, 0.05) is 24.2 Å². The number of para-hydroxylation sites is 1. The zero-order valence-corrected chi connectivity index (χ0v) is 12.0. The molecule has 0 bridgehead atoms. The quantitative estimate of drug-likeness (QED) is 0.867. The van der Waals surface area contributed by atoms with Crippen molar-refractivity contribution in [3.05, 3.63) is 58.6 Å². The summed E-state index contributed by atoms with van der Waals surface area (Å²) in [5, 5.41) is 3.72. The van der Waals surface area contributed by atoms with E-state index in [1.165, 1.54) is 0 Å². The molecule has 1 fully saturated rings. The molecule has 0 unspecified atom stereocenters. The summed E-state index contributed by atoms with van der Waals surface area (Å²) < 4.78 is 32.4. The van der Waals surface area contributed by atoms with Crippen LogP contribution in [-0.2, 0) is 6.54 Å². The van der Waals surface area contributed by atoms with Gasteiger partial charge in [0.05, 0.1) is 5.02 Å². The van der Waals surface area contributed by atoms with E-state index in [2.05, 4.69) is 5.32 Å². The highest BCUT2D eigenvalue weighted by Gasteiger charge is 2.21. The van der Waals surface area contributed by atoms with Gasteiger partial charge in [0.2, 0.25) is 0 Å². The molecule has 1 N–H and O–H groups in total. The van der Waals surface area contributed by atoms with E-state index in [1.807, 2.05) is 6.07 Å². The molecule has 0 heterocycles. The van der Waals surface area contributed by atoms with Crippen LogP contribution in [-0.4, -0.2) is 6.04 Å². The van der Waals surface area contributed by atoms with Gasteiger partial charge in [-0.15, -0.1) is 0 Å². The lowest BCUT2D eigenvalue weighted by Crippen LogP contribution is -2.15. The van der Waals surface area contributed by atoms with Gasteiger partial charge in [-0.2, -0.15) is 0 Å². The van der Waals surface area contributed by atoms with Crippen molar-refractivity contribution in [2.24, 2.45) is 0 Å². The summed E-state index contributed by atoms with van der Waals surface area (Å²) in [5.74, 6) is -0.999. The smallest absolute Gasteiger partial charge is 0.166 e. The average Bonchev–Trinajstić information content (AvgIpc) is 3.27. The van der Waals surface area contributed by atoms with Crippen LogP contribution in [0, 0.1) is 11.6 Å². The Kier molecular flexibility index (Phi) is 4.08. The highest BCUT2D eigenvalue weighted by molar-refractivity contribution is 6.32. The summed E-state index contributed by atoms with van der Waals surface area (Å²) in [6.45, 7) is 0.581. The van der Waals surface area contributed by atoms with Gasteiger partial charge < -0.3 is 10.1 Å². The minimum atomic E-state index is -0.627. The second-order valence-corrected chi connectivity index (χ2v) is 5.47. The van der Waals surface area contributed by atoms with Crippen molar-refractivity contribution >= 4 is 11.6 Å². The normalized spacial score (nSPS) is 14.2. The topological polar surface area (TPSA) is 21.3 Å². The Morgan fingerprint density at radius 3 is 2.76 bits per heavy atom. The Labute approximate surface area is 126 Å². The lowest BCUT2D eigenvalue weighted by Gasteiger charge is -2.14. The van der Waals surface area contributed by atoms with E-state index < -0.39 is 11.6 Å². The average molecular weight is 310 g/mol. The van der Waals surface area contributed by atoms with Gasteiger partial charge >= 0.3 is 0 Å². The maximum Gasteiger partial charge on any atom is 0.166 e. The number of halogens is 3. The zero-order chi connectivity index (χ0) is 14.8. The first-order valence-electron chi connectivity index (χ1n) is 6.77. The summed E-state index contributed by atoms with van der Waals surface area (Å²) in [7, 11) is 0. The summed E-state index contributed by atoms with van der Waals surface area (Å²) in [6, 6.07) is 8.94. The van der Waals surface area contributed by atoms with E-state index in [1.54, 1.807) is 12.1 Å². The molecule has 0 spiro atoms. The first-order chi connectivity index (χ1) is 10.1. The van der Waals surface area contributed by atoms with Crippen LogP contribution in [0.1, 0.15) is 18.4 Å². The Hall–Kier alpha value is -1.65. The molecule has 21 heavy (non-hydrogen) atoms.